The smallest absolute Gasteiger partial charge is 0.341 e. The standard InChI is InChI=1S/C18H30O4Si/c1-9-11-12-14(22-23(7,8)16(3,4)5)18(20)15(19)21-13-17(18,6)10-2/h10,14,20H,2,12-13H2,1,3-8H3/t14-,17?,18-/m1/s1. The summed E-state index contributed by atoms with van der Waals surface area (Å²) in [4.78, 5) is 12.4. The summed E-state index contributed by atoms with van der Waals surface area (Å²) in [5.41, 5.74) is -2.67. The lowest BCUT2D eigenvalue weighted by molar-refractivity contribution is -0.167. The van der Waals surface area contributed by atoms with E-state index in [1.165, 1.54) is 0 Å². The number of hydrogen-bond donors (Lipinski definition) is 1. The summed E-state index contributed by atoms with van der Waals surface area (Å²) in [5.74, 6) is 5.12. The minimum absolute atomic E-state index is 0.0473. The van der Waals surface area contributed by atoms with E-state index in [9.17, 15) is 9.90 Å². The summed E-state index contributed by atoms with van der Waals surface area (Å²) in [5, 5.41) is 11.2. The molecule has 1 N–H and O–H groups in total. The first kappa shape index (κ1) is 20.0. The van der Waals surface area contributed by atoms with Crippen molar-refractivity contribution in [1.29, 1.82) is 0 Å². The molecule has 0 amide bonds. The van der Waals surface area contributed by atoms with Crippen LogP contribution in [0.2, 0.25) is 18.1 Å². The van der Waals surface area contributed by atoms with E-state index in [2.05, 4.69) is 52.3 Å². The third-order valence-electron chi connectivity index (χ3n) is 5.31. The van der Waals surface area contributed by atoms with Crippen LogP contribution < -0.4 is 0 Å². The Morgan fingerprint density at radius 2 is 2.09 bits per heavy atom. The van der Waals surface area contributed by atoms with Crippen LogP contribution in [0.3, 0.4) is 0 Å². The van der Waals surface area contributed by atoms with Gasteiger partial charge in [0.05, 0.1) is 11.5 Å². The highest BCUT2D eigenvalue weighted by Crippen LogP contribution is 2.46. The van der Waals surface area contributed by atoms with E-state index < -0.39 is 31.4 Å². The van der Waals surface area contributed by atoms with E-state index >= 15 is 0 Å². The fraction of sp³-hybridized carbons (Fsp3) is 0.722. The maximum Gasteiger partial charge on any atom is 0.341 e. The SMILES string of the molecule is C=CC1(C)COC(=O)[C@]1(O)[C@@H](CC#CC)O[Si](C)(C)C(C)(C)C. The number of hydrogen-bond acceptors (Lipinski definition) is 4. The molecule has 1 fully saturated rings. The van der Waals surface area contributed by atoms with Gasteiger partial charge in [0.1, 0.15) is 6.61 Å². The number of carbonyl (C=O) groups excluding carboxylic acids is 1. The molecule has 0 saturated carbocycles. The predicted octanol–water partition coefficient (Wildman–Crippen LogP) is 3.27. The van der Waals surface area contributed by atoms with Gasteiger partial charge in [0.25, 0.3) is 0 Å². The van der Waals surface area contributed by atoms with Gasteiger partial charge in [-0.15, -0.1) is 18.4 Å². The average Bonchev–Trinajstić information content (AvgIpc) is 2.68. The van der Waals surface area contributed by atoms with Crippen LogP contribution in [0.25, 0.3) is 0 Å². The lowest BCUT2D eigenvalue weighted by Gasteiger charge is -2.45. The summed E-state index contributed by atoms with van der Waals surface area (Å²) in [6.07, 6.45) is 1.12. The lowest BCUT2D eigenvalue weighted by Crippen LogP contribution is -2.60. The first-order chi connectivity index (χ1) is 10.4. The fourth-order valence-corrected chi connectivity index (χ4v) is 3.70. The van der Waals surface area contributed by atoms with Crippen LogP contribution in [-0.2, 0) is 14.0 Å². The van der Waals surface area contributed by atoms with E-state index in [1.807, 2.05) is 0 Å². The van der Waals surface area contributed by atoms with E-state index in [4.69, 9.17) is 9.16 Å². The van der Waals surface area contributed by atoms with E-state index in [0.717, 1.165) is 0 Å². The summed E-state index contributed by atoms with van der Waals surface area (Å²) in [6, 6.07) is 0. The van der Waals surface area contributed by atoms with Gasteiger partial charge in [0.2, 0.25) is 0 Å². The molecule has 1 unspecified atom stereocenters. The Kier molecular flexibility index (Phi) is 5.57. The first-order valence-electron chi connectivity index (χ1n) is 7.96. The number of rotatable bonds is 5. The Labute approximate surface area is 141 Å². The van der Waals surface area contributed by atoms with E-state index in [-0.39, 0.29) is 18.1 Å². The molecular formula is C18H30O4Si. The van der Waals surface area contributed by atoms with Crippen molar-refractivity contribution in [3.05, 3.63) is 12.7 Å². The Bertz CT molecular complexity index is 537. The van der Waals surface area contributed by atoms with Crippen molar-refractivity contribution >= 4 is 14.3 Å². The van der Waals surface area contributed by atoms with Crippen molar-refractivity contribution in [2.45, 2.75) is 70.9 Å². The van der Waals surface area contributed by atoms with E-state index in [0.29, 0.717) is 0 Å². The zero-order valence-electron chi connectivity index (χ0n) is 15.4. The molecule has 1 heterocycles. The molecule has 0 aromatic carbocycles. The van der Waals surface area contributed by atoms with E-state index in [1.54, 1.807) is 19.9 Å². The van der Waals surface area contributed by atoms with Crippen LogP contribution in [0.4, 0.5) is 0 Å². The van der Waals surface area contributed by atoms with Crippen LogP contribution in [-0.4, -0.2) is 37.7 Å². The first-order valence-corrected chi connectivity index (χ1v) is 10.9. The highest BCUT2D eigenvalue weighted by molar-refractivity contribution is 6.74. The Balaban J connectivity index is 3.32. The number of carbonyl (C=O) groups is 1. The molecule has 23 heavy (non-hydrogen) atoms. The van der Waals surface area contributed by atoms with Crippen molar-refractivity contribution in [1.82, 2.24) is 0 Å². The van der Waals surface area contributed by atoms with Gasteiger partial charge in [0.15, 0.2) is 13.9 Å². The molecule has 1 aliphatic heterocycles. The summed E-state index contributed by atoms with van der Waals surface area (Å²) in [7, 11) is -2.21. The molecule has 0 bridgehead atoms. The second kappa shape index (κ2) is 6.43. The Hall–Kier alpha value is -1.09. The third kappa shape index (κ3) is 3.40. The highest BCUT2D eigenvalue weighted by Gasteiger charge is 2.63. The average molecular weight is 339 g/mol. The van der Waals surface area contributed by atoms with Gasteiger partial charge in [-0.3, -0.25) is 0 Å². The number of ether oxygens (including phenoxy) is 1. The zero-order valence-corrected chi connectivity index (χ0v) is 16.4. The van der Waals surface area contributed by atoms with Gasteiger partial charge in [0, 0.05) is 6.42 Å². The van der Waals surface area contributed by atoms with Crippen LogP contribution in [0.5, 0.6) is 0 Å². The minimum Gasteiger partial charge on any atom is -0.462 e. The van der Waals surface area contributed by atoms with Crippen LogP contribution in [0, 0.1) is 17.3 Å². The molecular weight excluding hydrogens is 308 g/mol. The van der Waals surface area contributed by atoms with Crippen molar-refractivity contribution in [3.63, 3.8) is 0 Å². The Morgan fingerprint density at radius 3 is 2.52 bits per heavy atom. The summed E-state index contributed by atoms with van der Waals surface area (Å²) < 4.78 is 11.6. The normalized spacial score (nSPS) is 29.5. The van der Waals surface area contributed by atoms with Crippen molar-refractivity contribution in [2.24, 2.45) is 5.41 Å². The van der Waals surface area contributed by atoms with Crippen LogP contribution in [0.15, 0.2) is 12.7 Å². The molecule has 1 saturated heterocycles. The molecule has 3 atom stereocenters. The quantitative estimate of drug-likeness (QED) is 0.362. The third-order valence-corrected chi connectivity index (χ3v) is 9.79. The van der Waals surface area contributed by atoms with Crippen molar-refractivity contribution in [2.75, 3.05) is 6.61 Å². The maximum atomic E-state index is 12.4. The fourth-order valence-electron chi connectivity index (χ4n) is 2.38. The monoisotopic (exact) mass is 338 g/mol. The van der Waals surface area contributed by atoms with Gasteiger partial charge in [-0.1, -0.05) is 26.8 Å². The van der Waals surface area contributed by atoms with Gasteiger partial charge in [-0.25, -0.2) is 4.79 Å². The van der Waals surface area contributed by atoms with Crippen LogP contribution in [0.1, 0.15) is 41.0 Å². The molecule has 0 aliphatic carbocycles. The Morgan fingerprint density at radius 1 is 1.52 bits per heavy atom. The largest absolute Gasteiger partial charge is 0.462 e. The number of esters is 1. The zero-order chi connectivity index (χ0) is 18.1. The molecule has 0 aromatic rings. The van der Waals surface area contributed by atoms with Gasteiger partial charge >= 0.3 is 5.97 Å². The molecule has 4 nitrogen and oxygen atoms in total. The van der Waals surface area contributed by atoms with Crippen molar-refractivity contribution in [3.8, 4) is 11.8 Å². The molecule has 130 valence electrons. The summed E-state index contributed by atoms with van der Waals surface area (Å²) in [6.45, 7) is 17.9. The van der Waals surface area contributed by atoms with Gasteiger partial charge in [-0.05, 0) is 32.0 Å². The highest BCUT2D eigenvalue weighted by atomic mass is 28.4. The second-order valence-electron chi connectivity index (χ2n) is 7.96. The summed E-state index contributed by atoms with van der Waals surface area (Å²) >= 11 is 0. The van der Waals surface area contributed by atoms with Gasteiger partial charge in [-0.2, -0.15) is 0 Å². The molecule has 0 aromatic heterocycles. The molecule has 1 aliphatic rings. The molecule has 5 heteroatoms. The molecule has 1 rings (SSSR count). The van der Waals surface area contributed by atoms with Crippen molar-refractivity contribution < 1.29 is 19.1 Å². The number of aliphatic hydroxyl groups is 1. The minimum atomic E-state index is -2.21. The molecule has 0 spiro atoms. The predicted molar refractivity (Wildman–Crippen MR) is 94.3 cm³/mol. The number of cyclic esters (lactones) is 1. The molecule has 0 radical (unpaired) electrons. The second-order valence-corrected chi connectivity index (χ2v) is 12.7. The van der Waals surface area contributed by atoms with Gasteiger partial charge < -0.3 is 14.3 Å². The van der Waals surface area contributed by atoms with Crippen LogP contribution >= 0.6 is 0 Å². The maximum absolute atomic E-state index is 12.4. The topological polar surface area (TPSA) is 55.8 Å². The lowest BCUT2D eigenvalue weighted by atomic mass is 9.72.